The molecule has 13 heavy (non-hydrogen) atoms. The molecular formula is C10H14O3. The van der Waals surface area contributed by atoms with E-state index >= 15 is 0 Å². The van der Waals surface area contributed by atoms with Crippen molar-refractivity contribution in [2.24, 2.45) is 0 Å². The van der Waals surface area contributed by atoms with Gasteiger partial charge in [0.05, 0.1) is 6.10 Å². The van der Waals surface area contributed by atoms with Crippen LogP contribution >= 0.6 is 0 Å². The number of benzene rings is 1. The van der Waals surface area contributed by atoms with Gasteiger partial charge in [0.25, 0.3) is 0 Å². The zero-order chi connectivity index (χ0) is 9.68. The van der Waals surface area contributed by atoms with E-state index in [0.717, 1.165) is 0 Å². The molecule has 3 heteroatoms. The first-order chi connectivity index (χ1) is 6.22. The molecule has 1 unspecified atom stereocenters. The predicted molar refractivity (Wildman–Crippen MR) is 50.1 cm³/mol. The highest BCUT2D eigenvalue weighted by Crippen LogP contribution is 2.17. The summed E-state index contributed by atoms with van der Waals surface area (Å²) in [6, 6.07) is 6.71. The molecule has 3 nitrogen and oxygen atoms in total. The van der Waals surface area contributed by atoms with E-state index in [2.05, 4.69) is 0 Å². The zero-order valence-corrected chi connectivity index (χ0v) is 7.86. The minimum absolute atomic E-state index is 0.0577. The predicted octanol–water partition coefficient (Wildman–Crippen LogP) is 1.81. The van der Waals surface area contributed by atoms with Crippen molar-refractivity contribution in [1.82, 2.24) is 0 Å². The molecule has 0 spiro atoms. The lowest BCUT2D eigenvalue weighted by atomic mass is 10.3. The van der Waals surface area contributed by atoms with Crippen LogP contribution in [0.2, 0.25) is 0 Å². The van der Waals surface area contributed by atoms with Crippen LogP contribution in [-0.4, -0.2) is 24.9 Å². The number of hydrogen-bond donors (Lipinski definition) is 1. The first-order valence-electron chi connectivity index (χ1n) is 4.17. The molecular weight excluding hydrogens is 168 g/mol. The zero-order valence-electron chi connectivity index (χ0n) is 7.86. The molecule has 0 bridgehead atoms. The third-order valence-corrected chi connectivity index (χ3v) is 1.70. The van der Waals surface area contributed by atoms with Gasteiger partial charge in [0.2, 0.25) is 0 Å². The Morgan fingerprint density at radius 3 is 2.85 bits per heavy atom. The summed E-state index contributed by atoms with van der Waals surface area (Å²) >= 11 is 0. The Labute approximate surface area is 77.9 Å². The molecule has 0 saturated carbocycles. The van der Waals surface area contributed by atoms with Gasteiger partial charge in [-0.2, -0.15) is 0 Å². The quantitative estimate of drug-likeness (QED) is 0.771. The molecule has 0 aliphatic rings. The molecule has 0 radical (unpaired) electrons. The minimum atomic E-state index is 0.0577. The fourth-order valence-corrected chi connectivity index (χ4v) is 0.855. The summed E-state index contributed by atoms with van der Waals surface area (Å²) < 4.78 is 10.4. The van der Waals surface area contributed by atoms with Crippen LogP contribution < -0.4 is 4.74 Å². The van der Waals surface area contributed by atoms with E-state index in [0.29, 0.717) is 12.4 Å². The highest BCUT2D eigenvalue weighted by Gasteiger charge is 2.00. The van der Waals surface area contributed by atoms with Crippen molar-refractivity contribution in [3.05, 3.63) is 24.3 Å². The fourth-order valence-electron chi connectivity index (χ4n) is 0.855. The van der Waals surface area contributed by atoms with Crippen molar-refractivity contribution in [2.45, 2.75) is 13.0 Å². The van der Waals surface area contributed by atoms with E-state index in [9.17, 15) is 0 Å². The number of ether oxygens (including phenoxy) is 2. The Balaban J connectivity index is 2.45. The summed E-state index contributed by atoms with van der Waals surface area (Å²) in [7, 11) is 1.64. The van der Waals surface area contributed by atoms with E-state index in [-0.39, 0.29) is 11.9 Å². The van der Waals surface area contributed by atoms with Crippen LogP contribution in [0.4, 0.5) is 0 Å². The molecule has 0 fully saturated rings. The summed E-state index contributed by atoms with van der Waals surface area (Å²) in [5.41, 5.74) is 0. The maximum atomic E-state index is 9.12. The largest absolute Gasteiger partial charge is 0.508 e. The monoisotopic (exact) mass is 182 g/mol. The average Bonchev–Trinajstić information content (AvgIpc) is 2.14. The van der Waals surface area contributed by atoms with Gasteiger partial charge in [-0.05, 0) is 19.1 Å². The molecule has 1 rings (SSSR count). The van der Waals surface area contributed by atoms with Gasteiger partial charge in [0, 0.05) is 13.2 Å². The number of hydrogen-bond acceptors (Lipinski definition) is 3. The Morgan fingerprint density at radius 2 is 2.23 bits per heavy atom. The standard InChI is InChI=1S/C10H14O3/c1-8(12-2)7-13-10-5-3-4-9(11)6-10/h3-6,8,11H,7H2,1-2H3. The molecule has 1 aromatic carbocycles. The smallest absolute Gasteiger partial charge is 0.123 e. The Kier molecular flexibility index (Phi) is 3.58. The van der Waals surface area contributed by atoms with Gasteiger partial charge in [-0.3, -0.25) is 0 Å². The lowest BCUT2D eigenvalue weighted by Crippen LogP contribution is -2.15. The van der Waals surface area contributed by atoms with E-state index < -0.39 is 0 Å². The van der Waals surface area contributed by atoms with Crippen LogP contribution in [0.5, 0.6) is 11.5 Å². The van der Waals surface area contributed by atoms with Gasteiger partial charge < -0.3 is 14.6 Å². The lowest BCUT2D eigenvalue weighted by molar-refractivity contribution is 0.0716. The second-order valence-corrected chi connectivity index (χ2v) is 2.85. The van der Waals surface area contributed by atoms with E-state index in [1.54, 1.807) is 31.4 Å². The second kappa shape index (κ2) is 4.72. The highest BCUT2D eigenvalue weighted by molar-refractivity contribution is 5.31. The minimum Gasteiger partial charge on any atom is -0.508 e. The second-order valence-electron chi connectivity index (χ2n) is 2.85. The van der Waals surface area contributed by atoms with Gasteiger partial charge in [0.1, 0.15) is 18.1 Å². The van der Waals surface area contributed by atoms with Gasteiger partial charge in [0.15, 0.2) is 0 Å². The Bertz CT molecular complexity index is 260. The first-order valence-corrected chi connectivity index (χ1v) is 4.17. The Hall–Kier alpha value is -1.22. The maximum absolute atomic E-state index is 9.12. The average molecular weight is 182 g/mol. The van der Waals surface area contributed by atoms with Gasteiger partial charge >= 0.3 is 0 Å². The van der Waals surface area contributed by atoms with E-state index in [4.69, 9.17) is 14.6 Å². The summed E-state index contributed by atoms with van der Waals surface area (Å²) in [4.78, 5) is 0. The fraction of sp³-hybridized carbons (Fsp3) is 0.400. The Morgan fingerprint density at radius 1 is 1.46 bits per heavy atom. The summed E-state index contributed by atoms with van der Waals surface area (Å²) in [6.07, 6.45) is 0.0577. The maximum Gasteiger partial charge on any atom is 0.123 e. The summed E-state index contributed by atoms with van der Waals surface area (Å²) in [6.45, 7) is 2.41. The van der Waals surface area contributed by atoms with Crippen LogP contribution in [0.1, 0.15) is 6.92 Å². The number of rotatable bonds is 4. The molecule has 1 atom stereocenters. The van der Waals surface area contributed by atoms with Crippen molar-refractivity contribution >= 4 is 0 Å². The summed E-state index contributed by atoms with van der Waals surface area (Å²) in [5.74, 6) is 0.867. The van der Waals surface area contributed by atoms with E-state index in [1.165, 1.54) is 0 Å². The van der Waals surface area contributed by atoms with Crippen molar-refractivity contribution in [3.63, 3.8) is 0 Å². The topological polar surface area (TPSA) is 38.7 Å². The summed E-state index contributed by atoms with van der Waals surface area (Å²) in [5, 5.41) is 9.12. The van der Waals surface area contributed by atoms with Crippen LogP contribution in [-0.2, 0) is 4.74 Å². The SMILES string of the molecule is COC(C)COc1cccc(O)c1. The third kappa shape index (κ3) is 3.34. The van der Waals surface area contributed by atoms with Crippen LogP contribution in [0, 0.1) is 0 Å². The molecule has 0 aliphatic heterocycles. The number of phenols is 1. The van der Waals surface area contributed by atoms with E-state index in [1.807, 2.05) is 6.92 Å². The van der Waals surface area contributed by atoms with Crippen molar-refractivity contribution in [3.8, 4) is 11.5 Å². The lowest BCUT2D eigenvalue weighted by Gasteiger charge is -2.11. The third-order valence-electron chi connectivity index (χ3n) is 1.70. The number of phenolic OH excluding ortho intramolecular Hbond substituents is 1. The van der Waals surface area contributed by atoms with Crippen molar-refractivity contribution in [2.75, 3.05) is 13.7 Å². The van der Waals surface area contributed by atoms with Gasteiger partial charge in [-0.25, -0.2) is 0 Å². The normalized spacial score (nSPS) is 12.5. The number of aromatic hydroxyl groups is 1. The number of methoxy groups -OCH3 is 1. The molecule has 1 N–H and O–H groups in total. The molecule has 0 saturated heterocycles. The molecule has 1 aromatic rings. The molecule has 72 valence electrons. The van der Waals surface area contributed by atoms with Crippen molar-refractivity contribution < 1.29 is 14.6 Å². The molecule has 0 aliphatic carbocycles. The van der Waals surface area contributed by atoms with Crippen LogP contribution in [0.3, 0.4) is 0 Å². The molecule has 0 heterocycles. The highest BCUT2D eigenvalue weighted by atomic mass is 16.5. The molecule has 0 amide bonds. The van der Waals surface area contributed by atoms with Crippen molar-refractivity contribution in [1.29, 1.82) is 0 Å². The van der Waals surface area contributed by atoms with Crippen LogP contribution in [0.15, 0.2) is 24.3 Å². The molecule has 0 aromatic heterocycles. The van der Waals surface area contributed by atoms with Crippen LogP contribution in [0.25, 0.3) is 0 Å². The first kappa shape index (κ1) is 9.86. The van der Waals surface area contributed by atoms with Gasteiger partial charge in [-0.1, -0.05) is 6.07 Å². The van der Waals surface area contributed by atoms with Gasteiger partial charge in [-0.15, -0.1) is 0 Å².